The normalized spacial score (nSPS) is 13.6. The maximum Gasteiger partial charge on any atom is 0.251 e. The number of carbonyl (C=O) groups is 1. The Balaban J connectivity index is 1.34. The van der Waals surface area contributed by atoms with Crippen molar-refractivity contribution >= 4 is 5.91 Å². The third kappa shape index (κ3) is 4.66. The van der Waals surface area contributed by atoms with E-state index in [0.29, 0.717) is 12.1 Å². The summed E-state index contributed by atoms with van der Waals surface area (Å²) in [5, 5.41) is 2.97. The number of carbonyl (C=O) groups excluding carboxylic acids is 1. The quantitative estimate of drug-likeness (QED) is 0.691. The number of amides is 1. The van der Waals surface area contributed by atoms with Crippen LogP contribution in [0.3, 0.4) is 0 Å². The number of fused-ring (bicyclic) bond motifs is 1. The minimum absolute atomic E-state index is 0.0747. The van der Waals surface area contributed by atoms with Crippen molar-refractivity contribution in [2.75, 3.05) is 13.7 Å². The van der Waals surface area contributed by atoms with Crippen LogP contribution in [-0.4, -0.2) is 24.5 Å². The van der Waals surface area contributed by atoms with E-state index in [1.54, 1.807) is 7.11 Å². The number of hydrogen-bond acceptors (Lipinski definition) is 3. The molecule has 0 bridgehead atoms. The Morgan fingerprint density at radius 2 is 1.69 bits per heavy atom. The maximum atomic E-state index is 12.5. The number of methoxy groups -OCH3 is 1. The predicted molar refractivity (Wildman–Crippen MR) is 115 cm³/mol. The number of nitrogens with zero attached hydrogens (tertiary/aromatic N) is 1. The van der Waals surface area contributed by atoms with Crippen molar-refractivity contribution in [3.63, 3.8) is 0 Å². The van der Waals surface area contributed by atoms with Crippen LogP contribution in [0, 0.1) is 0 Å². The van der Waals surface area contributed by atoms with Crippen LogP contribution in [0.4, 0.5) is 0 Å². The highest BCUT2D eigenvalue weighted by Crippen LogP contribution is 2.20. The molecule has 0 radical (unpaired) electrons. The molecule has 1 aliphatic heterocycles. The first kappa shape index (κ1) is 19.2. The van der Waals surface area contributed by atoms with Gasteiger partial charge in [-0.25, -0.2) is 0 Å². The van der Waals surface area contributed by atoms with Gasteiger partial charge in [-0.2, -0.15) is 0 Å². The van der Waals surface area contributed by atoms with Crippen molar-refractivity contribution in [2.45, 2.75) is 26.1 Å². The fourth-order valence-electron chi connectivity index (χ4n) is 3.84. The molecule has 148 valence electrons. The van der Waals surface area contributed by atoms with E-state index in [9.17, 15) is 4.79 Å². The highest BCUT2D eigenvalue weighted by molar-refractivity contribution is 5.94. The van der Waals surface area contributed by atoms with Crippen LogP contribution in [0.1, 0.15) is 32.6 Å². The molecule has 0 saturated heterocycles. The molecule has 1 amide bonds. The Kier molecular flexibility index (Phi) is 5.92. The molecule has 0 atom stereocenters. The standard InChI is InChI=1S/C25H26N2O2/c1-29-24-9-5-4-7-22(24)16-26-25(28)21-12-10-19(11-13-21)17-27-15-14-20-6-2-3-8-23(20)18-27/h2-13H,14-18H2,1H3,(H,26,28). The summed E-state index contributed by atoms with van der Waals surface area (Å²) in [5.41, 5.74) is 5.75. The molecular formula is C25H26N2O2. The smallest absolute Gasteiger partial charge is 0.251 e. The number of hydrogen-bond donors (Lipinski definition) is 1. The molecule has 3 aromatic carbocycles. The molecule has 3 aromatic rings. The lowest BCUT2D eigenvalue weighted by molar-refractivity contribution is 0.0950. The minimum Gasteiger partial charge on any atom is -0.496 e. The van der Waals surface area contributed by atoms with E-state index in [1.165, 1.54) is 16.7 Å². The second kappa shape index (κ2) is 8.93. The number of benzene rings is 3. The largest absolute Gasteiger partial charge is 0.496 e. The summed E-state index contributed by atoms with van der Waals surface area (Å²) in [7, 11) is 1.64. The molecule has 1 N–H and O–H groups in total. The van der Waals surface area contributed by atoms with Crippen LogP contribution in [0.5, 0.6) is 5.75 Å². The Hall–Kier alpha value is -3.11. The first-order valence-corrected chi connectivity index (χ1v) is 10.0. The zero-order valence-corrected chi connectivity index (χ0v) is 16.7. The Labute approximate surface area is 172 Å². The molecule has 0 fully saturated rings. The first-order chi connectivity index (χ1) is 14.2. The van der Waals surface area contributed by atoms with Gasteiger partial charge in [-0.05, 0) is 41.3 Å². The van der Waals surface area contributed by atoms with Crippen LogP contribution < -0.4 is 10.1 Å². The van der Waals surface area contributed by atoms with Crippen molar-refractivity contribution in [1.82, 2.24) is 10.2 Å². The average molecular weight is 386 g/mol. The van der Waals surface area contributed by atoms with Crippen LogP contribution in [-0.2, 0) is 26.1 Å². The van der Waals surface area contributed by atoms with E-state index < -0.39 is 0 Å². The Morgan fingerprint density at radius 1 is 0.966 bits per heavy atom. The molecule has 0 unspecified atom stereocenters. The topological polar surface area (TPSA) is 41.6 Å². The second-order valence-electron chi connectivity index (χ2n) is 7.42. The van der Waals surface area contributed by atoms with E-state index >= 15 is 0 Å². The SMILES string of the molecule is COc1ccccc1CNC(=O)c1ccc(CN2CCc3ccccc3C2)cc1. The van der Waals surface area contributed by atoms with Crippen LogP contribution in [0.25, 0.3) is 0 Å². The van der Waals surface area contributed by atoms with Crippen LogP contribution in [0.2, 0.25) is 0 Å². The van der Waals surface area contributed by atoms with Gasteiger partial charge in [-0.1, -0.05) is 54.6 Å². The third-order valence-corrected chi connectivity index (χ3v) is 5.46. The average Bonchev–Trinajstić information content (AvgIpc) is 2.78. The second-order valence-corrected chi connectivity index (χ2v) is 7.42. The van der Waals surface area contributed by atoms with E-state index in [0.717, 1.165) is 37.4 Å². The number of rotatable bonds is 6. The van der Waals surface area contributed by atoms with Crippen molar-refractivity contribution in [3.8, 4) is 5.75 Å². The third-order valence-electron chi connectivity index (χ3n) is 5.46. The van der Waals surface area contributed by atoms with Gasteiger partial charge in [0, 0.05) is 37.3 Å². The van der Waals surface area contributed by atoms with Crippen molar-refractivity contribution in [2.24, 2.45) is 0 Å². The van der Waals surface area contributed by atoms with Crippen molar-refractivity contribution in [1.29, 1.82) is 0 Å². The monoisotopic (exact) mass is 386 g/mol. The molecule has 1 aliphatic rings. The van der Waals surface area contributed by atoms with Crippen molar-refractivity contribution in [3.05, 3.63) is 101 Å². The molecule has 0 spiro atoms. The number of para-hydroxylation sites is 1. The van der Waals surface area contributed by atoms with Gasteiger partial charge in [0.25, 0.3) is 5.91 Å². The summed E-state index contributed by atoms with van der Waals surface area (Å²) in [4.78, 5) is 15.0. The number of nitrogens with one attached hydrogen (secondary N) is 1. The number of ether oxygens (including phenoxy) is 1. The van der Waals surface area contributed by atoms with E-state index in [-0.39, 0.29) is 5.91 Å². The zero-order chi connectivity index (χ0) is 20.1. The molecule has 29 heavy (non-hydrogen) atoms. The Morgan fingerprint density at radius 3 is 2.48 bits per heavy atom. The Bertz CT molecular complexity index is 982. The summed E-state index contributed by atoms with van der Waals surface area (Å²) < 4.78 is 5.34. The van der Waals surface area contributed by atoms with Gasteiger partial charge in [0.1, 0.15) is 5.75 Å². The highest BCUT2D eigenvalue weighted by atomic mass is 16.5. The summed E-state index contributed by atoms with van der Waals surface area (Å²) in [6.45, 7) is 3.39. The first-order valence-electron chi connectivity index (χ1n) is 10.0. The highest BCUT2D eigenvalue weighted by Gasteiger charge is 2.16. The van der Waals surface area contributed by atoms with Crippen molar-refractivity contribution < 1.29 is 9.53 Å². The minimum atomic E-state index is -0.0747. The van der Waals surface area contributed by atoms with Gasteiger partial charge in [0.2, 0.25) is 0 Å². The fourth-order valence-corrected chi connectivity index (χ4v) is 3.84. The molecule has 0 aliphatic carbocycles. The summed E-state index contributed by atoms with van der Waals surface area (Å²) >= 11 is 0. The lowest BCUT2D eigenvalue weighted by Gasteiger charge is -2.28. The maximum absolute atomic E-state index is 12.5. The van der Waals surface area contributed by atoms with E-state index in [1.807, 2.05) is 36.4 Å². The predicted octanol–water partition coefficient (Wildman–Crippen LogP) is 4.18. The molecule has 4 rings (SSSR count). The van der Waals surface area contributed by atoms with Gasteiger partial charge in [-0.15, -0.1) is 0 Å². The summed E-state index contributed by atoms with van der Waals surface area (Å²) in [5.74, 6) is 0.709. The zero-order valence-electron chi connectivity index (χ0n) is 16.7. The molecular weight excluding hydrogens is 360 g/mol. The summed E-state index contributed by atoms with van der Waals surface area (Å²) in [6.07, 6.45) is 1.10. The van der Waals surface area contributed by atoms with Gasteiger partial charge < -0.3 is 10.1 Å². The van der Waals surface area contributed by atoms with Crippen LogP contribution >= 0.6 is 0 Å². The summed E-state index contributed by atoms with van der Waals surface area (Å²) in [6, 6.07) is 24.3. The molecule has 1 heterocycles. The van der Waals surface area contributed by atoms with E-state index in [2.05, 4.69) is 46.6 Å². The van der Waals surface area contributed by atoms with Gasteiger partial charge >= 0.3 is 0 Å². The molecule has 0 saturated carbocycles. The van der Waals surface area contributed by atoms with Crippen LogP contribution in [0.15, 0.2) is 72.8 Å². The van der Waals surface area contributed by atoms with E-state index in [4.69, 9.17) is 4.74 Å². The molecule has 4 nitrogen and oxygen atoms in total. The van der Waals surface area contributed by atoms with Gasteiger partial charge in [0.05, 0.1) is 7.11 Å². The lowest BCUT2D eigenvalue weighted by atomic mass is 9.99. The lowest BCUT2D eigenvalue weighted by Crippen LogP contribution is -2.30. The fraction of sp³-hybridized carbons (Fsp3) is 0.240. The molecule has 4 heteroatoms. The van der Waals surface area contributed by atoms with Gasteiger partial charge in [-0.3, -0.25) is 9.69 Å². The van der Waals surface area contributed by atoms with Gasteiger partial charge in [0.15, 0.2) is 0 Å². The molecule has 0 aromatic heterocycles.